The molecule has 0 radical (unpaired) electrons. The van der Waals surface area contributed by atoms with Crippen LogP contribution in [0.4, 0.5) is 4.39 Å². The molecule has 146 valence electrons. The molecule has 3 rings (SSSR count). The summed E-state index contributed by atoms with van der Waals surface area (Å²) >= 11 is 4.67. The summed E-state index contributed by atoms with van der Waals surface area (Å²) in [5.74, 6) is 1.20. The van der Waals surface area contributed by atoms with E-state index in [0.29, 0.717) is 12.3 Å². The highest BCUT2D eigenvalue weighted by Crippen LogP contribution is 2.30. The number of thioether (sulfide) groups is 2. The van der Waals surface area contributed by atoms with Gasteiger partial charge in [0, 0.05) is 12.6 Å². The molecule has 0 atom stereocenters. The van der Waals surface area contributed by atoms with E-state index in [4.69, 9.17) is 0 Å². The third-order valence-electron chi connectivity index (χ3n) is 4.58. The molecule has 8 heteroatoms. The maximum absolute atomic E-state index is 13.2. The number of rotatable bonds is 8. The van der Waals surface area contributed by atoms with Crippen molar-refractivity contribution < 1.29 is 9.18 Å². The van der Waals surface area contributed by atoms with Crippen molar-refractivity contribution in [2.75, 3.05) is 11.5 Å². The predicted molar refractivity (Wildman–Crippen MR) is 111 cm³/mol. The Morgan fingerprint density at radius 1 is 1.15 bits per heavy atom. The fourth-order valence-electron chi connectivity index (χ4n) is 3.24. The van der Waals surface area contributed by atoms with E-state index in [2.05, 4.69) is 17.1 Å². The summed E-state index contributed by atoms with van der Waals surface area (Å²) in [5.41, 5.74) is 0.970. The number of benzene rings is 1. The van der Waals surface area contributed by atoms with Gasteiger partial charge in [0.05, 0.1) is 5.75 Å². The number of nitrogens with zero attached hydrogens (tertiary/aromatic N) is 3. The molecule has 1 amide bonds. The van der Waals surface area contributed by atoms with E-state index in [9.17, 15) is 9.18 Å². The van der Waals surface area contributed by atoms with Gasteiger partial charge in [-0.25, -0.2) is 4.39 Å². The van der Waals surface area contributed by atoms with Gasteiger partial charge in [-0.1, -0.05) is 73.2 Å². The van der Waals surface area contributed by atoms with E-state index in [1.807, 2.05) is 4.90 Å². The van der Waals surface area contributed by atoms with Crippen molar-refractivity contribution in [1.82, 2.24) is 15.1 Å². The standard InChI is InChI=1S/C19H24FN3OS3/c1-2-25-18-21-22-19(27-18)26-13-17(24)23(16-6-4-3-5-7-16)12-14-8-10-15(20)11-9-14/h8-11,16H,2-7,12-13H2,1H3. The summed E-state index contributed by atoms with van der Waals surface area (Å²) in [4.78, 5) is 15.0. The summed E-state index contributed by atoms with van der Waals surface area (Å²) in [6.45, 7) is 2.62. The van der Waals surface area contributed by atoms with Crippen LogP contribution in [0.15, 0.2) is 32.9 Å². The first-order valence-corrected chi connectivity index (χ1v) is 12.1. The van der Waals surface area contributed by atoms with E-state index in [1.54, 1.807) is 35.2 Å². The van der Waals surface area contributed by atoms with Crippen LogP contribution >= 0.6 is 34.9 Å². The second kappa shape index (κ2) is 10.4. The lowest BCUT2D eigenvalue weighted by Crippen LogP contribution is -2.41. The Balaban J connectivity index is 1.64. The predicted octanol–water partition coefficient (Wildman–Crippen LogP) is 5.24. The highest BCUT2D eigenvalue weighted by molar-refractivity contribution is 8.03. The lowest BCUT2D eigenvalue weighted by Gasteiger charge is -2.34. The average molecular weight is 426 g/mol. The van der Waals surface area contributed by atoms with E-state index in [0.717, 1.165) is 32.8 Å². The lowest BCUT2D eigenvalue weighted by atomic mass is 9.94. The Bertz CT molecular complexity index is 732. The molecule has 1 fully saturated rings. The molecular weight excluding hydrogens is 401 g/mol. The Kier molecular flexibility index (Phi) is 7.96. The molecule has 1 saturated carbocycles. The van der Waals surface area contributed by atoms with E-state index < -0.39 is 0 Å². The number of hydrogen-bond acceptors (Lipinski definition) is 6. The first kappa shape index (κ1) is 20.6. The third-order valence-corrected chi connectivity index (χ3v) is 7.63. The van der Waals surface area contributed by atoms with Crippen LogP contribution in [0.3, 0.4) is 0 Å². The van der Waals surface area contributed by atoms with E-state index in [-0.39, 0.29) is 17.8 Å². The van der Waals surface area contributed by atoms with Crippen molar-refractivity contribution in [2.45, 2.75) is 60.3 Å². The second-order valence-corrected chi connectivity index (χ2v) is 10.2. The van der Waals surface area contributed by atoms with Crippen molar-refractivity contribution in [1.29, 1.82) is 0 Å². The molecule has 0 unspecified atom stereocenters. The molecule has 0 N–H and O–H groups in total. The van der Waals surface area contributed by atoms with Gasteiger partial charge in [-0.15, -0.1) is 10.2 Å². The zero-order valence-corrected chi connectivity index (χ0v) is 17.8. The zero-order valence-electron chi connectivity index (χ0n) is 15.4. The first-order valence-electron chi connectivity index (χ1n) is 9.28. The minimum absolute atomic E-state index is 0.121. The molecule has 4 nitrogen and oxygen atoms in total. The fraction of sp³-hybridized carbons (Fsp3) is 0.526. The van der Waals surface area contributed by atoms with Gasteiger partial charge in [0.1, 0.15) is 5.82 Å². The van der Waals surface area contributed by atoms with E-state index >= 15 is 0 Å². The van der Waals surface area contributed by atoms with Gasteiger partial charge in [-0.05, 0) is 36.3 Å². The fourth-order valence-corrected chi connectivity index (χ4v) is 6.05. The average Bonchev–Trinajstić information content (AvgIpc) is 3.14. The normalized spacial score (nSPS) is 15.0. The quantitative estimate of drug-likeness (QED) is 0.541. The molecule has 1 aromatic carbocycles. The number of amides is 1. The molecule has 1 heterocycles. The maximum atomic E-state index is 13.2. The molecule has 0 spiro atoms. The summed E-state index contributed by atoms with van der Waals surface area (Å²) in [5, 5.41) is 8.32. The number of hydrogen-bond donors (Lipinski definition) is 0. The summed E-state index contributed by atoms with van der Waals surface area (Å²) in [7, 11) is 0. The van der Waals surface area contributed by atoms with Crippen LogP contribution in [0.25, 0.3) is 0 Å². The second-order valence-electron chi connectivity index (χ2n) is 6.50. The van der Waals surface area contributed by atoms with Crippen LogP contribution in [0.2, 0.25) is 0 Å². The number of carbonyl (C=O) groups excluding carboxylic acids is 1. The molecule has 27 heavy (non-hydrogen) atoms. The molecule has 1 aromatic heterocycles. The third kappa shape index (κ3) is 6.19. The summed E-state index contributed by atoms with van der Waals surface area (Å²) < 4.78 is 15.0. The maximum Gasteiger partial charge on any atom is 0.233 e. The van der Waals surface area contributed by atoms with E-state index in [1.165, 1.54) is 43.2 Å². The van der Waals surface area contributed by atoms with Crippen molar-refractivity contribution in [3.05, 3.63) is 35.6 Å². The number of carbonyl (C=O) groups is 1. The topological polar surface area (TPSA) is 46.1 Å². The highest BCUT2D eigenvalue weighted by atomic mass is 32.2. The zero-order chi connectivity index (χ0) is 19.1. The molecular formula is C19H24FN3OS3. The summed E-state index contributed by atoms with van der Waals surface area (Å²) in [6, 6.07) is 6.73. The smallest absolute Gasteiger partial charge is 0.233 e. The van der Waals surface area contributed by atoms with Crippen molar-refractivity contribution in [3.63, 3.8) is 0 Å². The van der Waals surface area contributed by atoms with Gasteiger partial charge in [-0.2, -0.15) is 0 Å². The monoisotopic (exact) mass is 425 g/mol. The van der Waals surface area contributed by atoms with Crippen molar-refractivity contribution in [2.24, 2.45) is 0 Å². The lowest BCUT2D eigenvalue weighted by molar-refractivity contribution is -0.132. The SMILES string of the molecule is CCSc1nnc(SCC(=O)N(Cc2ccc(F)cc2)C2CCCCC2)s1. The van der Waals surface area contributed by atoms with Crippen LogP contribution in [-0.4, -0.2) is 38.6 Å². The van der Waals surface area contributed by atoms with Crippen LogP contribution in [0.1, 0.15) is 44.6 Å². The first-order chi connectivity index (χ1) is 13.2. The number of aromatic nitrogens is 2. The van der Waals surface area contributed by atoms with Crippen LogP contribution in [-0.2, 0) is 11.3 Å². The molecule has 0 aliphatic heterocycles. The van der Waals surface area contributed by atoms with Gasteiger partial charge in [0.25, 0.3) is 0 Å². The Morgan fingerprint density at radius 3 is 2.48 bits per heavy atom. The summed E-state index contributed by atoms with van der Waals surface area (Å²) in [6.07, 6.45) is 5.67. The van der Waals surface area contributed by atoms with Crippen LogP contribution in [0, 0.1) is 5.82 Å². The number of halogens is 1. The van der Waals surface area contributed by atoms with Gasteiger partial charge in [0.15, 0.2) is 8.68 Å². The van der Waals surface area contributed by atoms with Gasteiger partial charge in [-0.3, -0.25) is 4.79 Å². The highest BCUT2D eigenvalue weighted by Gasteiger charge is 2.26. The minimum atomic E-state index is -0.248. The van der Waals surface area contributed by atoms with Gasteiger partial charge in [0.2, 0.25) is 5.91 Å². The molecule has 1 aliphatic rings. The largest absolute Gasteiger partial charge is 0.335 e. The van der Waals surface area contributed by atoms with Gasteiger partial charge >= 0.3 is 0 Å². The Morgan fingerprint density at radius 2 is 1.81 bits per heavy atom. The van der Waals surface area contributed by atoms with Crippen molar-refractivity contribution in [3.8, 4) is 0 Å². The van der Waals surface area contributed by atoms with Crippen LogP contribution < -0.4 is 0 Å². The molecule has 1 aliphatic carbocycles. The minimum Gasteiger partial charge on any atom is -0.335 e. The Hall–Kier alpha value is -1.12. The molecule has 0 saturated heterocycles. The molecule has 2 aromatic rings. The Labute approximate surface area is 172 Å². The van der Waals surface area contributed by atoms with Crippen molar-refractivity contribution >= 4 is 40.8 Å². The molecule has 0 bridgehead atoms. The van der Waals surface area contributed by atoms with Crippen LogP contribution in [0.5, 0.6) is 0 Å². The van der Waals surface area contributed by atoms with Gasteiger partial charge < -0.3 is 4.90 Å².